The molecular formula is C24H30N2O6. The Morgan fingerprint density at radius 2 is 1.62 bits per heavy atom. The molecule has 1 unspecified atom stereocenters. The monoisotopic (exact) mass is 442 g/mol. The normalized spacial score (nSPS) is 14.4. The Morgan fingerprint density at radius 1 is 0.969 bits per heavy atom. The van der Waals surface area contributed by atoms with E-state index in [2.05, 4.69) is 10.6 Å². The lowest BCUT2D eigenvalue weighted by Gasteiger charge is -2.25. The van der Waals surface area contributed by atoms with E-state index in [-0.39, 0.29) is 11.9 Å². The van der Waals surface area contributed by atoms with Crippen LogP contribution in [0.1, 0.15) is 43.7 Å². The topological polar surface area (TPSA) is 125 Å². The van der Waals surface area contributed by atoms with E-state index in [9.17, 15) is 4.79 Å². The van der Waals surface area contributed by atoms with Crippen LogP contribution in [0.25, 0.3) is 0 Å². The minimum absolute atomic E-state index is 0.0414. The number of carbonyl (C=O) groups is 3. The maximum absolute atomic E-state index is 13.0. The predicted molar refractivity (Wildman–Crippen MR) is 121 cm³/mol. The quantitative estimate of drug-likeness (QED) is 0.482. The van der Waals surface area contributed by atoms with Crippen molar-refractivity contribution in [3.63, 3.8) is 0 Å². The van der Waals surface area contributed by atoms with Crippen LogP contribution < -0.4 is 15.4 Å². The number of amides is 1. The van der Waals surface area contributed by atoms with Gasteiger partial charge in [0.1, 0.15) is 11.8 Å². The summed E-state index contributed by atoms with van der Waals surface area (Å²) in [5.41, 5.74) is 1.73. The number of ether oxygens (including phenoxy) is 1. The molecule has 0 heterocycles. The van der Waals surface area contributed by atoms with E-state index in [1.807, 2.05) is 54.6 Å². The summed E-state index contributed by atoms with van der Waals surface area (Å²) in [5, 5.41) is 21.3. The van der Waals surface area contributed by atoms with E-state index in [4.69, 9.17) is 24.5 Å². The lowest BCUT2D eigenvalue weighted by atomic mass is 9.89. The molecule has 0 aromatic heterocycles. The van der Waals surface area contributed by atoms with Gasteiger partial charge in [-0.1, -0.05) is 55.7 Å². The van der Waals surface area contributed by atoms with Gasteiger partial charge in [0.2, 0.25) is 5.91 Å². The van der Waals surface area contributed by atoms with Crippen molar-refractivity contribution in [1.29, 1.82) is 0 Å². The van der Waals surface area contributed by atoms with Crippen LogP contribution in [-0.4, -0.2) is 41.7 Å². The molecule has 0 bridgehead atoms. The largest absolute Gasteiger partial charge is 0.497 e. The minimum Gasteiger partial charge on any atom is -0.497 e. The summed E-state index contributed by atoms with van der Waals surface area (Å²) in [6, 6.07) is 17.0. The van der Waals surface area contributed by atoms with Crippen molar-refractivity contribution in [3.05, 3.63) is 60.2 Å². The summed E-state index contributed by atoms with van der Waals surface area (Å²) >= 11 is 0. The van der Waals surface area contributed by atoms with Gasteiger partial charge in [-0.25, -0.2) is 9.59 Å². The third-order valence-electron chi connectivity index (χ3n) is 5.25. The zero-order chi connectivity index (χ0) is 23.3. The Balaban J connectivity index is 0.000000534. The second-order valence-corrected chi connectivity index (χ2v) is 7.59. The van der Waals surface area contributed by atoms with Gasteiger partial charge in [-0.2, -0.15) is 0 Å². The number of nitrogens with one attached hydrogen (secondary N) is 2. The molecule has 1 fully saturated rings. The number of carboxylic acid groups (broad SMARTS) is 2. The zero-order valence-corrected chi connectivity index (χ0v) is 18.1. The number of rotatable bonds is 7. The minimum atomic E-state index is -1.82. The average molecular weight is 443 g/mol. The summed E-state index contributed by atoms with van der Waals surface area (Å²) in [6.07, 6.45) is 6.46. The summed E-state index contributed by atoms with van der Waals surface area (Å²) in [6.45, 7) is 0.880. The van der Waals surface area contributed by atoms with Crippen LogP contribution in [0.3, 0.4) is 0 Å². The van der Waals surface area contributed by atoms with Crippen molar-refractivity contribution < 1.29 is 29.3 Å². The maximum Gasteiger partial charge on any atom is 0.414 e. The number of benzene rings is 2. The molecule has 0 radical (unpaired) electrons. The fourth-order valence-electron chi connectivity index (χ4n) is 3.60. The SMILES string of the molecule is COc1cccc(NC(=O)C(NCC2CCCCC2)c2ccccc2)c1.O=C(O)C(=O)O. The Morgan fingerprint density at radius 3 is 2.22 bits per heavy atom. The molecule has 3 rings (SSSR count). The van der Waals surface area contributed by atoms with E-state index in [0.717, 1.165) is 23.5 Å². The second-order valence-electron chi connectivity index (χ2n) is 7.59. The van der Waals surface area contributed by atoms with Gasteiger partial charge < -0.3 is 25.6 Å². The Hall–Kier alpha value is -3.39. The molecule has 0 spiro atoms. The molecule has 1 aliphatic rings. The zero-order valence-electron chi connectivity index (χ0n) is 18.1. The highest BCUT2D eigenvalue weighted by Gasteiger charge is 2.22. The number of carboxylic acids is 2. The Labute approximate surface area is 187 Å². The van der Waals surface area contributed by atoms with Gasteiger partial charge in [0, 0.05) is 11.8 Å². The molecule has 8 nitrogen and oxygen atoms in total. The molecule has 1 aliphatic carbocycles. The Bertz CT molecular complexity index is 869. The number of aliphatic carboxylic acids is 2. The first kappa shape index (κ1) is 24.9. The number of hydrogen-bond acceptors (Lipinski definition) is 5. The molecule has 8 heteroatoms. The summed E-state index contributed by atoms with van der Waals surface area (Å²) in [5.74, 6) is -2.29. The summed E-state index contributed by atoms with van der Waals surface area (Å²) < 4.78 is 5.24. The van der Waals surface area contributed by atoms with Crippen molar-refractivity contribution in [2.45, 2.75) is 38.1 Å². The third-order valence-corrected chi connectivity index (χ3v) is 5.25. The summed E-state index contributed by atoms with van der Waals surface area (Å²) in [4.78, 5) is 31.2. The molecule has 172 valence electrons. The van der Waals surface area contributed by atoms with Gasteiger partial charge in [-0.15, -0.1) is 0 Å². The van der Waals surface area contributed by atoms with E-state index < -0.39 is 11.9 Å². The van der Waals surface area contributed by atoms with Gasteiger partial charge in [-0.3, -0.25) is 4.79 Å². The number of anilines is 1. The van der Waals surface area contributed by atoms with Gasteiger partial charge >= 0.3 is 11.9 Å². The highest BCUT2D eigenvalue weighted by atomic mass is 16.5. The Kier molecular flexibility index (Phi) is 10.2. The highest BCUT2D eigenvalue weighted by Crippen LogP contribution is 2.25. The van der Waals surface area contributed by atoms with Crippen molar-refractivity contribution >= 4 is 23.5 Å². The van der Waals surface area contributed by atoms with Crippen LogP contribution in [0, 0.1) is 5.92 Å². The highest BCUT2D eigenvalue weighted by molar-refractivity contribution is 6.27. The summed E-state index contributed by atoms with van der Waals surface area (Å²) in [7, 11) is 1.62. The molecule has 2 aromatic rings. The van der Waals surface area contributed by atoms with Crippen molar-refractivity contribution in [2.75, 3.05) is 19.0 Å². The van der Waals surface area contributed by atoms with Crippen LogP contribution in [0.5, 0.6) is 5.75 Å². The van der Waals surface area contributed by atoms with Gasteiger partial charge in [0.15, 0.2) is 0 Å². The molecule has 0 aliphatic heterocycles. The van der Waals surface area contributed by atoms with Crippen LogP contribution in [-0.2, 0) is 14.4 Å². The molecular weight excluding hydrogens is 412 g/mol. The molecule has 4 N–H and O–H groups in total. The van der Waals surface area contributed by atoms with E-state index in [1.165, 1.54) is 32.1 Å². The lowest BCUT2D eigenvalue weighted by molar-refractivity contribution is -0.159. The molecule has 32 heavy (non-hydrogen) atoms. The molecule has 2 aromatic carbocycles. The van der Waals surface area contributed by atoms with Crippen LogP contribution >= 0.6 is 0 Å². The molecule has 1 saturated carbocycles. The standard InChI is InChI=1S/C22H28N2O2.C2H2O4/c1-26-20-14-8-13-19(15-20)24-22(25)21(18-11-6-3-7-12-18)23-16-17-9-4-2-5-10-17;3-1(4)2(5)6/h3,6-8,11-15,17,21,23H,2,4-5,9-10,16H2,1H3,(H,24,25);(H,3,4)(H,5,6). The van der Waals surface area contributed by atoms with E-state index >= 15 is 0 Å². The van der Waals surface area contributed by atoms with Gasteiger partial charge in [-0.05, 0) is 43.0 Å². The van der Waals surface area contributed by atoms with Crippen molar-refractivity contribution in [1.82, 2.24) is 5.32 Å². The predicted octanol–water partition coefficient (Wildman–Crippen LogP) is 3.70. The van der Waals surface area contributed by atoms with Crippen molar-refractivity contribution in [2.24, 2.45) is 5.92 Å². The second kappa shape index (κ2) is 13.1. The van der Waals surface area contributed by atoms with Crippen LogP contribution in [0.15, 0.2) is 54.6 Å². The van der Waals surface area contributed by atoms with Crippen LogP contribution in [0.2, 0.25) is 0 Å². The lowest BCUT2D eigenvalue weighted by Crippen LogP contribution is -2.36. The average Bonchev–Trinajstić information content (AvgIpc) is 2.81. The van der Waals surface area contributed by atoms with Crippen molar-refractivity contribution in [3.8, 4) is 5.75 Å². The number of carbonyl (C=O) groups excluding carboxylic acids is 1. The molecule has 1 amide bonds. The smallest absolute Gasteiger partial charge is 0.414 e. The van der Waals surface area contributed by atoms with Crippen LogP contribution in [0.4, 0.5) is 5.69 Å². The first-order valence-electron chi connectivity index (χ1n) is 10.6. The first-order valence-corrected chi connectivity index (χ1v) is 10.6. The van der Waals surface area contributed by atoms with Gasteiger partial charge in [0.05, 0.1) is 7.11 Å². The van der Waals surface area contributed by atoms with Gasteiger partial charge in [0.25, 0.3) is 0 Å². The fourth-order valence-corrected chi connectivity index (χ4v) is 3.60. The first-order chi connectivity index (χ1) is 15.4. The fraction of sp³-hybridized carbons (Fsp3) is 0.375. The molecule has 0 saturated heterocycles. The third kappa shape index (κ3) is 8.39. The number of hydrogen-bond donors (Lipinski definition) is 4. The maximum atomic E-state index is 13.0. The number of methoxy groups -OCH3 is 1. The molecule has 1 atom stereocenters. The van der Waals surface area contributed by atoms with E-state index in [1.54, 1.807) is 7.11 Å². The van der Waals surface area contributed by atoms with E-state index in [0.29, 0.717) is 5.92 Å².